The van der Waals surface area contributed by atoms with Crippen molar-refractivity contribution >= 4 is 15.9 Å². The number of sulfonamides is 1. The number of nitrogens with zero attached hydrogens (tertiary/aromatic N) is 1. The molecule has 1 fully saturated rings. The summed E-state index contributed by atoms with van der Waals surface area (Å²) in [5.41, 5.74) is 1.24. The second-order valence-electron chi connectivity index (χ2n) is 6.90. The lowest BCUT2D eigenvalue weighted by Crippen LogP contribution is -2.52. The van der Waals surface area contributed by atoms with E-state index in [1.807, 2.05) is 39.0 Å². The van der Waals surface area contributed by atoms with Crippen LogP contribution in [0.4, 0.5) is 0 Å². The molecule has 2 unspecified atom stereocenters. The number of carbonyl (C=O) groups is 1. The Morgan fingerprint density at radius 3 is 2.42 bits per heavy atom. The smallest absolute Gasteiger partial charge is 0.238 e. The van der Waals surface area contributed by atoms with Crippen molar-refractivity contribution in [2.75, 3.05) is 12.3 Å². The average molecular weight is 353 g/mol. The Balaban J connectivity index is 1.95. The Kier molecular flexibility index (Phi) is 6.40. The van der Waals surface area contributed by atoms with E-state index in [1.54, 1.807) is 0 Å². The monoisotopic (exact) mass is 352 g/mol. The number of nitrogens with one attached hydrogen (secondary N) is 1. The van der Waals surface area contributed by atoms with Crippen LogP contribution in [0.2, 0.25) is 0 Å². The minimum absolute atomic E-state index is 0.00395. The molecule has 2 atom stereocenters. The van der Waals surface area contributed by atoms with Crippen LogP contribution < -0.4 is 5.32 Å². The molecule has 1 heterocycles. The Morgan fingerprint density at radius 1 is 1.21 bits per heavy atom. The summed E-state index contributed by atoms with van der Waals surface area (Å²) in [5.74, 6) is -0.0946. The highest BCUT2D eigenvalue weighted by Gasteiger charge is 2.40. The third-order valence-electron chi connectivity index (χ3n) is 4.45. The van der Waals surface area contributed by atoms with Crippen molar-refractivity contribution in [3.05, 3.63) is 35.9 Å². The van der Waals surface area contributed by atoms with Gasteiger partial charge in [0.15, 0.2) is 0 Å². The van der Waals surface area contributed by atoms with Gasteiger partial charge in [0, 0.05) is 12.6 Å². The fourth-order valence-electron chi connectivity index (χ4n) is 3.17. The number of amides is 1. The van der Waals surface area contributed by atoms with Crippen LogP contribution in [0.25, 0.3) is 0 Å². The molecule has 5 nitrogen and oxygen atoms in total. The lowest BCUT2D eigenvalue weighted by molar-refractivity contribution is -0.126. The standard InChI is InChI=1S/C18H28N2O3S/c1-14(2)17(20-12-7-13-24(20,22)23)18(21)19-15(3)10-11-16-8-5-4-6-9-16/h4-6,8-9,14-15,17H,7,10-13H2,1-3H3,(H,19,21). The van der Waals surface area contributed by atoms with Crippen molar-refractivity contribution in [3.63, 3.8) is 0 Å². The van der Waals surface area contributed by atoms with Gasteiger partial charge in [-0.05, 0) is 37.7 Å². The van der Waals surface area contributed by atoms with Crippen molar-refractivity contribution in [1.29, 1.82) is 0 Å². The van der Waals surface area contributed by atoms with E-state index in [0.717, 1.165) is 12.8 Å². The van der Waals surface area contributed by atoms with E-state index in [2.05, 4.69) is 17.4 Å². The third kappa shape index (κ3) is 4.80. The zero-order valence-corrected chi connectivity index (χ0v) is 15.6. The predicted molar refractivity (Wildman–Crippen MR) is 96.1 cm³/mol. The highest BCUT2D eigenvalue weighted by molar-refractivity contribution is 7.89. The van der Waals surface area contributed by atoms with Gasteiger partial charge in [0.05, 0.1) is 5.75 Å². The van der Waals surface area contributed by atoms with Gasteiger partial charge in [-0.15, -0.1) is 0 Å². The minimum atomic E-state index is -3.29. The third-order valence-corrected chi connectivity index (χ3v) is 6.37. The van der Waals surface area contributed by atoms with Gasteiger partial charge in [-0.1, -0.05) is 44.2 Å². The molecule has 1 aromatic carbocycles. The molecule has 1 aliphatic heterocycles. The van der Waals surface area contributed by atoms with Gasteiger partial charge in [0.25, 0.3) is 0 Å². The van der Waals surface area contributed by atoms with Crippen LogP contribution in [-0.4, -0.2) is 43.0 Å². The number of hydrogen-bond donors (Lipinski definition) is 1. The molecule has 1 aliphatic rings. The summed E-state index contributed by atoms with van der Waals surface area (Å²) in [6.45, 7) is 6.20. The molecular weight excluding hydrogens is 324 g/mol. The first-order chi connectivity index (χ1) is 11.3. The number of rotatable bonds is 7. The molecule has 24 heavy (non-hydrogen) atoms. The molecule has 2 rings (SSSR count). The molecule has 1 N–H and O–H groups in total. The Labute approximate surface area is 145 Å². The Morgan fingerprint density at radius 2 is 1.88 bits per heavy atom. The fourth-order valence-corrected chi connectivity index (χ4v) is 4.99. The molecule has 0 aliphatic carbocycles. The SMILES string of the molecule is CC(CCc1ccccc1)NC(=O)C(C(C)C)N1CCCS1(=O)=O. The predicted octanol–water partition coefficient (Wildman–Crippen LogP) is 2.18. The molecule has 6 heteroatoms. The first kappa shape index (κ1) is 18.9. The number of benzene rings is 1. The van der Waals surface area contributed by atoms with Crippen LogP contribution in [0.3, 0.4) is 0 Å². The molecule has 1 saturated heterocycles. The summed E-state index contributed by atoms with van der Waals surface area (Å²) < 4.78 is 25.7. The van der Waals surface area contributed by atoms with E-state index < -0.39 is 16.1 Å². The van der Waals surface area contributed by atoms with E-state index in [-0.39, 0.29) is 23.6 Å². The van der Waals surface area contributed by atoms with E-state index in [0.29, 0.717) is 13.0 Å². The first-order valence-electron chi connectivity index (χ1n) is 8.65. The zero-order valence-electron chi connectivity index (χ0n) is 14.7. The first-order valence-corrected chi connectivity index (χ1v) is 10.3. The lowest BCUT2D eigenvalue weighted by Gasteiger charge is -2.29. The summed E-state index contributed by atoms with van der Waals surface area (Å²) in [5, 5.41) is 3.00. The summed E-state index contributed by atoms with van der Waals surface area (Å²) in [4.78, 5) is 12.7. The van der Waals surface area contributed by atoms with E-state index in [1.165, 1.54) is 9.87 Å². The lowest BCUT2D eigenvalue weighted by atomic mass is 10.0. The van der Waals surface area contributed by atoms with Crippen molar-refractivity contribution in [2.45, 2.75) is 52.1 Å². The van der Waals surface area contributed by atoms with Crippen LogP contribution in [0, 0.1) is 5.92 Å². The van der Waals surface area contributed by atoms with E-state index >= 15 is 0 Å². The highest BCUT2D eigenvalue weighted by atomic mass is 32.2. The molecule has 0 aromatic heterocycles. The Bertz CT molecular complexity index is 643. The quantitative estimate of drug-likeness (QED) is 0.818. The second kappa shape index (κ2) is 8.12. The molecular formula is C18H28N2O3S. The van der Waals surface area contributed by atoms with E-state index in [4.69, 9.17) is 0 Å². The van der Waals surface area contributed by atoms with Gasteiger partial charge in [-0.2, -0.15) is 4.31 Å². The normalized spacial score (nSPS) is 20.0. The average Bonchev–Trinajstić information content (AvgIpc) is 2.85. The van der Waals surface area contributed by atoms with Crippen molar-refractivity contribution < 1.29 is 13.2 Å². The van der Waals surface area contributed by atoms with Crippen molar-refractivity contribution in [1.82, 2.24) is 9.62 Å². The summed E-state index contributed by atoms with van der Waals surface area (Å²) in [7, 11) is -3.29. The fraction of sp³-hybridized carbons (Fsp3) is 0.611. The van der Waals surface area contributed by atoms with Gasteiger partial charge in [-0.25, -0.2) is 8.42 Å². The Hall–Kier alpha value is -1.40. The van der Waals surface area contributed by atoms with Crippen molar-refractivity contribution in [3.8, 4) is 0 Å². The highest BCUT2D eigenvalue weighted by Crippen LogP contribution is 2.22. The van der Waals surface area contributed by atoms with Crippen LogP contribution >= 0.6 is 0 Å². The number of hydrogen-bond acceptors (Lipinski definition) is 3. The summed E-state index contributed by atoms with van der Waals surface area (Å²) in [6.07, 6.45) is 2.31. The zero-order chi connectivity index (χ0) is 17.7. The molecule has 0 bridgehead atoms. The summed E-state index contributed by atoms with van der Waals surface area (Å²) >= 11 is 0. The summed E-state index contributed by atoms with van der Waals surface area (Å²) in [6, 6.07) is 9.53. The maximum atomic E-state index is 12.7. The number of carbonyl (C=O) groups excluding carboxylic acids is 1. The van der Waals surface area contributed by atoms with Crippen LogP contribution in [0.1, 0.15) is 39.2 Å². The van der Waals surface area contributed by atoms with Crippen molar-refractivity contribution in [2.24, 2.45) is 5.92 Å². The molecule has 1 aromatic rings. The van der Waals surface area contributed by atoms with E-state index in [9.17, 15) is 13.2 Å². The largest absolute Gasteiger partial charge is 0.352 e. The second-order valence-corrected chi connectivity index (χ2v) is 8.94. The van der Waals surface area contributed by atoms with Gasteiger partial charge in [0.2, 0.25) is 15.9 Å². The van der Waals surface area contributed by atoms with Gasteiger partial charge in [0.1, 0.15) is 6.04 Å². The maximum absolute atomic E-state index is 12.7. The van der Waals surface area contributed by atoms with Gasteiger partial charge in [-0.3, -0.25) is 4.79 Å². The molecule has 1 amide bonds. The van der Waals surface area contributed by atoms with Gasteiger partial charge >= 0.3 is 0 Å². The minimum Gasteiger partial charge on any atom is -0.352 e. The van der Waals surface area contributed by atoms with Crippen LogP contribution in [-0.2, 0) is 21.2 Å². The van der Waals surface area contributed by atoms with Crippen LogP contribution in [0.15, 0.2) is 30.3 Å². The molecule has 0 saturated carbocycles. The number of aryl methyl sites for hydroxylation is 1. The molecule has 0 spiro atoms. The molecule has 134 valence electrons. The maximum Gasteiger partial charge on any atom is 0.238 e. The topological polar surface area (TPSA) is 66.5 Å². The molecule has 0 radical (unpaired) electrons. The van der Waals surface area contributed by atoms with Crippen LogP contribution in [0.5, 0.6) is 0 Å². The van der Waals surface area contributed by atoms with Gasteiger partial charge < -0.3 is 5.32 Å².